The predicted molar refractivity (Wildman–Crippen MR) is 76.1 cm³/mol. The zero-order chi connectivity index (χ0) is 15.0. The molecule has 0 unspecified atom stereocenters. The third kappa shape index (κ3) is 2.47. The van der Waals surface area contributed by atoms with Crippen molar-refractivity contribution in [3.8, 4) is 5.75 Å². The molecule has 21 heavy (non-hydrogen) atoms. The molecule has 7 heteroatoms. The molecule has 0 saturated carbocycles. The number of oxazole rings is 1. The van der Waals surface area contributed by atoms with E-state index < -0.39 is 5.82 Å². The number of ether oxygens (including phenoxy) is 1. The highest BCUT2D eigenvalue weighted by Crippen LogP contribution is 2.26. The molecule has 110 valence electrons. The molecular weight excluding hydrogens is 297 g/mol. The quantitative estimate of drug-likeness (QED) is 0.694. The van der Waals surface area contributed by atoms with E-state index in [0.717, 1.165) is 11.3 Å². The fraction of sp³-hybridized carbons (Fsp3) is 0.286. The Hall–Kier alpha value is -2.08. The molecule has 0 amide bonds. The van der Waals surface area contributed by atoms with Crippen molar-refractivity contribution in [2.24, 2.45) is 0 Å². The largest absolute Gasteiger partial charge is 0.494 e. The van der Waals surface area contributed by atoms with Crippen LogP contribution in [0.25, 0.3) is 11.0 Å². The Balaban J connectivity index is 2.14. The summed E-state index contributed by atoms with van der Waals surface area (Å²) in [5.41, 5.74) is 1.24. The summed E-state index contributed by atoms with van der Waals surface area (Å²) in [6.45, 7) is 2.20. The van der Waals surface area contributed by atoms with E-state index >= 15 is 0 Å². The Bertz CT molecular complexity index is 797. The second kappa shape index (κ2) is 5.37. The Morgan fingerprint density at radius 1 is 1.43 bits per heavy atom. The number of hydrogen-bond acceptors (Lipinski definition) is 4. The minimum absolute atomic E-state index is 0.161. The highest BCUT2D eigenvalue weighted by Gasteiger charge is 2.16. The van der Waals surface area contributed by atoms with Gasteiger partial charge in [-0.25, -0.2) is 14.4 Å². The zero-order valence-electron chi connectivity index (χ0n) is 11.6. The van der Waals surface area contributed by atoms with Gasteiger partial charge in [-0.15, -0.1) is 11.6 Å². The molecule has 0 radical (unpaired) electrons. The summed E-state index contributed by atoms with van der Waals surface area (Å²) < 4.78 is 26.1. The monoisotopic (exact) mass is 309 g/mol. The van der Waals surface area contributed by atoms with E-state index in [-0.39, 0.29) is 11.6 Å². The van der Waals surface area contributed by atoms with Crippen LogP contribution in [0.3, 0.4) is 0 Å². The van der Waals surface area contributed by atoms with E-state index in [1.165, 1.54) is 13.2 Å². The molecule has 0 N–H and O–H groups in total. The smallest absolute Gasteiger partial charge is 0.214 e. The Morgan fingerprint density at radius 3 is 2.86 bits per heavy atom. The van der Waals surface area contributed by atoms with Crippen LogP contribution < -0.4 is 4.74 Å². The minimum atomic E-state index is -0.456. The average molecular weight is 310 g/mol. The molecule has 0 aliphatic heterocycles. The van der Waals surface area contributed by atoms with Crippen LogP contribution in [0.15, 0.2) is 22.7 Å². The summed E-state index contributed by atoms with van der Waals surface area (Å²) in [5.74, 6) is 1.80. The number of hydrogen-bond donors (Lipinski definition) is 0. The first kappa shape index (κ1) is 13.9. The third-order valence-corrected chi connectivity index (χ3v) is 3.42. The second-order valence-electron chi connectivity index (χ2n) is 4.59. The molecule has 0 spiro atoms. The number of methoxy groups -OCH3 is 1. The van der Waals surface area contributed by atoms with Gasteiger partial charge in [-0.1, -0.05) is 0 Å². The van der Waals surface area contributed by atoms with Gasteiger partial charge >= 0.3 is 0 Å². The molecule has 5 nitrogen and oxygen atoms in total. The number of halogens is 2. The lowest BCUT2D eigenvalue weighted by Crippen LogP contribution is -2.04. The van der Waals surface area contributed by atoms with Crippen molar-refractivity contribution in [2.75, 3.05) is 7.11 Å². The van der Waals surface area contributed by atoms with E-state index in [9.17, 15) is 4.39 Å². The van der Waals surface area contributed by atoms with Crippen LogP contribution in [0.1, 0.15) is 17.5 Å². The van der Waals surface area contributed by atoms with Crippen LogP contribution in [-0.4, -0.2) is 21.6 Å². The minimum Gasteiger partial charge on any atom is -0.494 e. The van der Waals surface area contributed by atoms with Gasteiger partial charge in [0.1, 0.15) is 18.1 Å². The van der Waals surface area contributed by atoms with Gasteiger partial charge in [0.2, 0.25) is 5.89 Å². The lowest BCUT2D eigenvalue weighted by atomic mass is 10.3. The molecule has 3 rings (SSSR count). The first-order valence-electron chi connectivity index (χ1n) is 6.32. The molecule has 0 atom stereocenters. The normalized spacial score (nSPS) is 11.2. The Morgan fingerprint density at radius 2 is 2.24 bits per heavy atom. The van der Waals surface area contributed by atoms with Gasteiger partial charge in [0.25, 0.3) is 0 Å². The van der Waals surface area contributed by atoms with Crippen molar-refractivity contribution < 1.29 is 13.5 Å². The summed E-state index contributed by atoms with van der Waals surface area (Å²) in [6, 6.07) is 2.94. The van der Waals surface area contributed by atoms with Crippen molar-refractivity contribution in [3.63, 3.8) is 0 Å². The number of aromatic nitrogens is 3. The maximum absolute atomic E-state index is 13.8. The Kier molecular flexibility index (Phi) is 3.55. The molecular formula is C14H13ClFN3O2. The van der Waals surface area contributed by atoms with Crippen molar-refractivity contribution in [3.05, 3.63) is 41.6 Å². The van der Waals surface area contributed by atoms with Crippen LogP contribution >= 0.6 is 11.6 Å². The number of rotatable bonds is 4. The lowest BCUT2D eigenvalue weighted by Gasteiger charge is -2.06. The van der Waals surface area contributed by atoms with E-state index in [4.69, 9.17) is 20.8 Å². The number of fused-ring (bicyclic) bond motifs is 1. The summed E-state index contributed by atoms with van der Waals surface area (Å²) >= 11 is 5.93. The fourth-order valence-corrected chi connectivity index (χ4v) is 2.43. The van der Waals surface area contributed by atoms with Crippen LogP contribution in [0.4, 0.5) is 4.39 Å². The second-order valence-corrected chi connectivity index (χ2v) is 4.86. The Labute approximate surface area is 125 Å². The van der Waals surface area contributed by atoms with Gasteiger partial charge in [0, 0.05) is 12.1 Å². The van der Waals surface area contributed by atoms with Crippen molar-refractivity contribution in [1.82, 2.24) is 14.5 Å². The molecule has 1 aromatic carbocycles. The maximum Gasteiger partial charge on any atom is 0.214 e. The van der Waals surface area contributed by atoms with Gasteiger partial charge in [0.05, 0.1) is 30.2 Å². The maximum atomic E-state index is 13.8. The number of aryl methyl sites for hydroxylation is 1. The SMILES string of the molecule is COc1cc2c(cc1F)nc(CCl)n2Cc1ncc(C)o1. The highest BCUT2D eigenvalue weighted by molar-refractivity contribution is 6.16. The molecule has 0 aliphatic carbocycles. The van der Waals surface area contributed by atoms with Crippen molar-refractivity contribution in [1.29, 1.82) is 0 Å². The number of imidazole rings is 1. The van der Waals surface area contributed by atoms with E-state index in [0.29, 0.717) is 23.8 Å². The van der Waals surface area contributed by atoms with Gasteiger partial charge in [-0.3, -0.25) is 0 Å². The highest BCUT2D eigenvalue weighted by atomic mass is 35.5. The summed E-state index contributed by atoms with van der Waals surface area (Å²) in [6.07, 6.45) is 1.65. The van der Waals surface area contributed by atoms with Crippen molar-refractivity contribution in [2.45, 2.75) is 19.3 Å². The number of alkyl halides is 1. The molecule has 2 heterocycles. The van der Waals surface area contributed by atoms with Crippen LogP contribution in [0, 0.1) is 12.7 Å². The first-order chi connectivity index (χ1) is 10.1. The van der Waals surface area contributed by atoms with E-state index in [1.54, 1.807) is 12.3 Å². The average Bonchev–Trinajstić information content (AvgIpc) is 3.02. The molecule has 3 aromatic rings. The molecule has 0 bridgehead atoms. The number of benzene rings is 1. The summed E-state index contributed by atoms with van der Waals surface area (Å²) in [7, 11) is 1.42. The standard InChI is InChI=1S/C14H13ClFN3O2/c1-8-6-17-14(21-8)7-19-11-4-12(20-2)9(16)3-10(11)18-13(19)5-15/h3-4,6H,5,7H2,1-2H3. The molecule has 0 saturated heterocycles. The first-order valence-corrected chi connectivity index (χ1v) is 6.85. The predicted octanol–water partition coefficient (Wildman–Crippen LogP) is 3.27. The van der Waals surface area contributed by atoms with Gasteiger partial charge in [0.15, 0.2) is 11.6 Å². The summed E-state index contributed by atoms with van der Waals surface area (Å²) in [5, 5.41) is 0. The summed E-state index contributed by atoms with van der Waals surface area (Å²) in [4.78, 5) is 8.51. The molecule has 0 fully saturated rings. The molecule has 2 aromatic heterocycles. The van der Waals surface area contributed by atoms with E-state index in [2.05, 4.69) is 9.97 Å². The third-order valence-electron chi connectivity index (χ3n) is 3.18. The van der Waals surface area contributed by atoms with Crippen LogP contribution in [0.5, 0.6) is 5.75 Å². The van der Waals surface area contributed by atoms with Gasteiger partial charge < -0.3 is 13.7 Å². The zero-order valence-corrected chi connectivity index (χ0v) is 12.3. The fourth-order valence-electron chi connectivity index (χ4n) is 2.22. The van der Waals surface area contributed by atoms with Gasteiger partial charge in [-0.2, -0.15) is 0 Å². The van der Waals surface area contributed by atoms with Gasteiger partial charge in [-0.05, 0) is 6.92 Å². The topological polar surface area (TPSA) is 53.1 Å². The molecule has 0 aliphatic rings. The van der Waals surface area contributed by atoms with Crippen molar-refractivity contribution >= 4 is 22.6 Å². The van der Waals surface area contributed by atoms with Crippen LogP contribution in [0.2, 0.25) is 0 Å². The van der Waals surface area contributed by atoms with E-state index in [1.807, 2.05) is 11.5 Å². The number of nitrogens with zero attached hydrogens (tertiary/aromatic N) is 3. The lowest BCUT2D eigenvalue weighted by molar-refractivity contribution is 0.387. The van der Waals surface area contributed by atoms with Crippen LogP contribution in [-0.2, 0) is 12.4 Å².